The summed E-state index contributed by atoms with van der Waals surface area (Å²) in [4.78, 5) is 14.3. The van der Waals surface area contributed by atoms with E-state index in [1.54, 1.807) is 19.8 Å². The summed E-state index contributed by atoms with van der Waals surface area (Å²) in [6, 6.07) is 5.98. The van der Waals surface area contributed by atoms with E-state index >= 15 is 0 Å². The summed E-state index contributed by atoms with van der Waals surface area (Å²) in [5.41, 5.74) is 2.85. The first-order valence-electron chi connectivity index (χ1n) is 12.5. The summed E-state index contributed by atoms with van der Waals surface area (Å²) in [5.74, 6) is 1.99. The number of nitrogens with one attached hydrogen (secondary N) is 1. The monoisotopic (exact) mass is 458 g/mol. The standard InChI is InChI=1S/C27H39NO5/c1-18-7-5-10-27(2)15-25-20(14-22(18)27)21(26(30)33-25)17-28(11-6-12-29)16-19-8-9-23(31-3)24(13-19)32-4/h8-9,13-14,18,20-21,25,29H,5-7,10-12,15-17H2,1-4H3/p+1/t18-,20+,21+,25+,27+/m0/s1. The van der Waals surface area contributed by atoms with Crippen molar-refractivity contribution in [1.82, 2.24) is 0 Å². The molecule has 0 amide bonds. The number of quaternary nitrogens is 1. The van der Waals surface area contributed by atoms with Gasteiger partial charge in [-0.1, -0.05) is 31.9 Å². The predicted octanol–water partition coefficient (Wildman–Crippen LogP) is 2.79. The van der Waals surface area contributed by atoms with Gasteiger partial charge in [-0.15, -0.1) is 0 Å². The van der Waals surface area contributed by atoms with Crippen LogP contribution in [0.2, 0.25) is 0 Å². The summed E-state index contributed by atoms with van der Waals surface area (Å²) in [7, 11) is 3.28. The second-order valence-corrected chi connectivity index (χ2v) is 10.5. The summed E-state index contributed by atoms with van der Waals surface area (Å²) in [5, 5.41) is 9.47. The summed E-state index contributed by atoms with van der Waals surface area (Å²) >= 11 is 0. The number of rotatable bonds is 9. The maximum Gasteiger partial charge on any atom is 0.315 e. The van der Waals surface area contributed by atoms with Gasteiger partial charge in [0.25, 0.3) is 0 Å². The van der Waals surface area contributed by atoms with Crippen molar-refractivity contribution in [3.63, 3.8) is 0 Å². The quantitative estimate of drug-likeness (QED) is 0.440. The van der Waals surface area contributed by atoms with Gasteiger partial charge in [0.05, 0.1) is 27.3 Å². The van der Waals surface area contributed by atoms with E-state index in [-0.39, 0.29) is 35.9 Å². The fraction of sp³-hybridized carbons (Fsp3) is 0.667. The fourth-order valence-electron chi connectivity index (χ4n) is 6.46. The first kappa shape index (κ1) is 24.1. The van der Waals surface area contributed by atoms with Gasteiger partial charge in [0.1, 0.15) is 18.6 Å². The summed E-state index contributed by atoms with van der Waals surface area (Å²) in [6.07, 6.45) is 7.78. The Bertz CT molecular complexity index is 883. The van der Waals surface area contributed by atoms with Crippen LogP contribution in [0.3, 0.4) is 0 Å². The van der Waals surface area contributed by atoms with Crippen LogP contribution in [-0.4, -0.2) is 51.1 Å². The molecule has 6 atom stereocenters. The predicted molar refractivity (Wildman–Crippen MR) is 126 cm³/mol. The molecule has 0 spiro atoms. The SMILES string of the molecule is COc1ccc(C[NH+](CCCO)C[C@H]2C(=O)O[C@@H]3C[C@@]4(C)CCC[C@H](C)C4=C[C@@H]32)cc1OC. The van der Waals surface area contributed by atoms with Gasteiger partial charge in [-0.3, -0.25) is 4.79 Å². The molecule has 1 saturated carbocycles. The molecular weight excluding hydrogens is 418 g/mol. The highest BCUT2D eigenvalue weighted by molar-refractivity contribution is 5.76. The van der Waals surface area contributed by atoms with Gasteiger partial charge < -0.3 is 24.2 Å². The molecule has 1 saturated heterocycles. The molecule has 2 fully saturated rings. The molecule has 3 aliphatic rings. The van der Waals surface area contributed by atoms with Gasteiger partial charge in [0, 0.05) is 24.5 Å². The van der Waals surface area contributed by atoms with Gasteiger partial charge in [-0.25, -0.2) is 0 Å². The Morgan fingerprint density at radius 2 is 2.03 bits per heavy atom. The van der Waals surface area contributed by atoms with Crippen molar-refractivity contribution in [3.05, 3.63) is 35.4 Å². The molecule has 1 aliphatic heterocycles. The average Bonchev–Trinajstić information content (AvgIpc) is 3.09. The minimum absolute atomic E-state index is 0.00159. The lowest BCUT2D eigenvalue weighted by molar-refractivity contribution is -0.916. The third kappa shape index (κ3) is 4.92. The van der Waals surface area contributed by atoms with E-state index in [9.17, 15) is 9.90 Å². The lowest BCUT2D eigenvalue weighted by Crippen LogP contribution is -3.11. The largest absolute Gasteiger partial charge is 0.493 e. The number of carbonyl (C=O) groups is 1. The first-order valence-corrected chi connectivity index (χ1v) is 12.5. The number of esters is 1. The third-order valence-electron chi connectivity index (χ3n) is 8.18. The smallest absolute Gasteiger partial charge is 0.315 e. The lowest BCUT2D eigenvalue weighted by atomic mass is 9.59. The number of ether oxygens (including phenoxy) is 3. The normalized spacial score (nSPS) is 31.8. The number of benzene rings is 1. The van der Waals surface area contributed by atoms with Crippen molar-refractivity contribution in [2.24, 2.45) is 23.2 Å². The van der Waals surface area contributed by atoms with E-state index in [0.717, 1.165) is 25.1 Å². The molecular formula is C27H40NO5+. The van der Waals surface area contributed by atoms with Gasteiger partial charge in [-0.2, -0.15) is 0 Å². The van der Waals surface area contributed by atoms with Crippen LogP contribution in [0.5, 0.6) is 11.5 Å². The Morgan fingerprint density at radius 1 is 1.24 bits per heavy atom. The zero-order chi connectivity index (χ0) is 23.6. The second kappa shape index (κ2) is 10.1. The van der Waals surface area contributed by atoms with Crippen LogP contribution in [0, 0.1) is 23.2 Å². The lowest BCUT2D eigenvalue weighted by Gasteiger charge is -2.46. The Morgan fingerprint density at radius 3 is 2.76 bits per heavy atom. The first-order chi connectivity index (χ1) is 15.9. The number of fused-ring (bicyclic) bond motifs is 2. The van der Waals surface area contributed by atoms with E-state index in [2.05, 4.69) is 19.9 Å². The molecule has 2 aliphatic carbocycles. The number of hydrogen-bond acceptors (Lipinski definition) is 5. The Kier molecular flexibility index (Phi) is 7.34. The molecule has 0 radical (unpaired) electrons. The molecule has 1 aromatic carbocycles. The molecule has 6 heteroatoms. The zero-order valence-electron chi connectivity index (χ0n) is 20.6. The topological polar surface area (TPSA) is 69.4 Å². The van der Waals surface area contributed by atoms with Crippen LogP contribution in [0.25, 0.3) is 0 Å². The second-order valence-electron chi connectivity index (χ2n) is 10.5. The van der Waals surface area contributed by atoms with Crippen LogP contribution in [0.1, 0.15) is 51.5 Å². The highest BCUT2D eigenvalue weighted by Crippen LogP contribution is 2.53. The zero-order valence-corrected chi connectivity index (χ0v) is 20.6. The molecule has 1 aromatic rings. The minimum atomic E-state index is -0.130. The molecule has 2 N–H and O–H groups in total. The Balaban J connectivity index is 1.54. The van der Waals surface area contributed by atoms with Gasteiger partial charge in [0.15, 0.2) is 11.5 Å². The van der Waals surface area contributed by atoms with Crippen molar-refractivity contribution in [2.45, 2.75) is 58.6 Å². The van der Waals surface area contributed by atoms with Crippen LogP contribution < -0.4 is 14.4 Å². The number of carbonyl (C=O) groups excluding carboxylic acids is 1. The molecule has 6 nitrogen and oxygen atoms in total. The van der Waals surface area contributed by atoms with E-state index in [1.165, 1.54) is 24.2 Å². The van der Waals surface area contributed by atoms with Crippen LogP contribution in [0.15, 0.2) is 29.8 Å². The van der Waals surface area contributed by atoms with E-state index in [0.29, 0.717) is 30.4 Å². The summed E-state index contributed by atoms with van der Waals surface area (Å²) < 4.78 is 16.8. The van der Waals surface area contributed by atoms with Crippen molar-refractivity contribution in [2.75, 3.05) is 33.9 Å². The highest BCUT2D eigenvalue weighted by Gasteiger charge is 2.52. The van der Waals surface area contributed by atoms with Crippen LogP contribution >= 0.6 is 0 Å². The molecule has 182 valence electrons. The molecule has 33 heavy (non-hydrogen) atoms. The highest BCUT2D eigenvalue weighted by atomic mass is 16.6. The number of aliphatic hydroxyl groups excluding tert-OH is 1. The summed E-state index contributed by atoms with van der Waals surface area (Å²) in [6.45, 7) is 7.12. The number of allylic oxidation sites excluding steroid dienone is 1. The van der Waals surface area contributed by atoms with Gasteiger partial charge in [0.2, 0.25) is 0 Å². The number of aliphatic hydroxyl groups is 1. The third-order valence-corrected chi connectivity index (χ3v) is 8.18. The van der Waals surface area contributed by atoms with Gasteiger partial charge in [-0.05, 0) is 48.8 Å². The van der Waals surface area contributed by atoms with Crippen molar-refractivity contribution < 1.29 is 29.0 Å². The van der Waals surface area contributed by atoms with E-state index in [4.69, 9.17) is 14.2 Å². The molecule has 1 unspecified atom stereocenters. The maximum absolute atomic E-state index is 13.0. The van der Waals surface area contributed by atoms with Crippen LogP contribution in [-0.2, 0) is 16.1 Å². The maximum atomic E-state index is 13.0. The fourth-order valence-corrected chi connectivity index (χ4v) is 6.46. The molecule has 0 aromatic heterocycles. The number of hydrogen-bond donors (Lipinski definition) is 2. The van der Waals surface area contributed by atoms with Crippen molar-refractivity contribution >= 4 is 5.97 Å². The van der Waals surface area contributed by atoms with E-state index in [1.807, 2.05) is 18.2 Å². The van der Waals surface area contributed by atoms with E-state index < -0.39 is 0 Å². The van der Waals surface area contributed by atoms with Crippen molar-refractivity contribution in [3.8, 4) is 11.5 Å². The number of methoxy groups -OCH3 is 2. The Hall–Kier alpha value is -2.05. The Labute approximate surface area is 197 Å². The molecule has 4 rings (SSSR count). The molecule has 0 bridgehead atoms. The van der Waals surface area contributed by atoms with Crippen molar-refractivity contribution in [1.29, 1.82) is 0 Å². The van der Waals surface area contributed by atoms with Gasteiger partial charge >= 0.3 is 5.97 Å². The average molecular weight is 459 g/mol. The minimum Gasteiger partial charge on any atom is -0.493 e. The molecule has 1 heterocycles. The van der Waals surface area contributed by atoms with Crippen LogP contribution in [0.4, 0.5) is 0 Å².